The van der Waals surface area contributed by atoms with Crippen LogP contribution in [0.25, 0.3) is 0 Å². The summed E-state index contributed by atoms with van der Waals surface area (Å²) in [6.45, 7) is 12.9. The minimum atomic E-state index is -0.942. The Labute approximate surface area is 169 Å². The highest BCUT2D eigenvalue weighted by Crippen LogP contribution is 2.44. The van der Waals surface area contributed by atoms with Crippen molar-refractivity contribution in [3.8, 4) is 0 Å². The van der Waals surface area contributed by atoms with Gasteiger partial charge in [0.05, 0.1) is 30.9 Å². The molecule has 1 N–H and O–H groups in total. The van der Waals surface area contributed by atoms with Crippen LogP contribution in [-0.4, -0.2) is 47.0 Å². The molecule has 2 atom stereocenters. The van der Waals surface area contributed by atoms with E-state index >= 15 is 0 Å². The topological polar surface area (TPSA) is 59.0 Å². The predicted octanol–water partition coefficient (Wildman–Crippen LogP) is 4.11. The fourth-order valence-corrected chi connectivity index (χ4v) is 4.89. The van der Waals surface area contributed by atoms with Crippen molar-refractivity contribution in [1.29, 1.82) is 0 Å². The van der Waals surface area contributed by atoms with Crippen molar-refractivity contribution in [2.45, 2.75) is 90.5 Å². The maximum atomic E-state index is 12.8. The molecule has 0 aromatic heterocycles. The lowest BCUT2D eigenvalue weighted by atomic mass is 9.73. The molecule has 3 rings (SSSR count). The normalized spacial score (nSPS) is 27.6. The van der Waals surface area contributed by atoms with Gasteiger partial charge in [0.1, 0.15) is 5.60 Å². The Balaban J connectivity index is 1.96. The van der Waals surface area contributed by atoms with Gasteiger partial charge in [-0.3, -0.25) is 4.90 Å². The molecule has 5 heteroatoms. The zero-order valence-electron chi connectivity index (χ0n) is 18.2. The molecule has 0 saturated carbocycles. The van der Waals surface area contributed by atoms with Crippen molar-refractivity contribution in [1.82, 2.24) is 4.90 Å². The molecular formula is C23H35NO4. The number of piperidine rings is 1. The Hall–Kier alpha value is -1.59. The number of ether oxygens (including phenoxy) is 2. The van der Waals surface area contributed by atoms with Crippen LogP contribution < -0.4 is 0 Å². The van der Waals surface area contributed by atoms with Gasteiger partial charge in [0, 0.05) is 12.8 Å². The van der Waals surface area contributed by atoms with Crippen LogP contribution in [0.4, 0.5) is 4.79 Å². The fraction of sp³-hybridized carbons (Fsp3) is 0.696. The van der Waals surface area contributed by atoms with Crippen molar-refractivity contribution >= 4 is 6.09 Å². The minimum absolute atomic E-state index is 0.178. The first-order valence-corrected chi connectivity index (χ1v) is 10.5. The van der Waals surface area contributed by atoms with Crippen LogP contribution in [0.3, 0.4) is 0 Å². The molecule has 1 aromatic carbocycles. The minimum Gasteiger partial charge on any atom is -0.444 e. The monoisotopic (exact) mass is 389 g/mol. The molecule has 1 aromatic rings. The van der Waals surface area contributed by atoms with Crippen LogP contribution in [-0.2, 0) is 27.9 Å². The summed E-state index contributed by atoms with van der Waals surface area (Å²) in [7, 11) is 0. The highest BCUT2D eigenvalue weighted by atomic mass is 16.6. The quantitative estimate of drug-likeness (QED) is 0.845. The average molecular weight is 390 g/mol. The second-order valence-corrected chi connectivity index (χ2v) is 9.34. The molecule has 1 amide bonds. The van der Waals surface area contributed by atoms with Crippen molar-refractivity contribution in [2.24, 2.45) is 0 Å². The number of aliphatic hydroxyl groups is 1. The lowest BCUT2D eigenvalue weighted by molar-refractivity contribution is -0.141. The Bertz CT molecular complexity index is 698. The number of aryl methyl sites for hydroxylation is 3. The van der Waals surface area contributed by atoms with Crippen LogP contribution in [0.15, 0.2) is 12.1 Å². The predicted molar refractivity (Wildman–Crippen MR) is 110 cm³/mol. The van der Waals surface area contributed by atoms with Crippen LogP contribution in [0.1, 0.15) is 69.7 Å². The smallest absolute Gasteiger partial charge is 0.410 e. The van der Waals surface area contributed by atoms with Gasteiger partial charge in [-0.05, 0) is 57.2 Å². The van der Waals surface area contributed by atoms with Crippen molar-refractivity contribution in [2.75, 3.05) is 13.2 Å². The first-order valence-electron chi connectivity index (χ1n) is 10.5. The molecule has 2 heterocycles. The first-order chi connectivity index (χ1) is 13.1. The van der Waals surface area contributed by atoms with Gasteiger partial charge >= 0.3 is 6.09 Å². The van der Waals surface area contributed by atoms with E-state index in [0.29, 0.717) is 26.1 Å². The van der Waals surface area contributed by atoms with Gasteiger partial charge in [-0.1, -0.05) is 31.5 Å². The molecule has 28 heavy (non-hydrogen) atoms. The van der Waals surface area contributed by atoms with Gasteiger partial charge in [-0.2, -0.15) is 0 Å². The highest BCUT2D eigenvalue weighted by Gasteiger charge is 2.50. The van der Waals surface area contributed by atoms with Crippen molar-refractivity contribution < 1.29 is 19.4 Å². The highest BCUT2D eigenvalue weighted by molar-refractivity contribution is 5.69. The summed E-state index contributed by atoms with van der Waals surface area (Å²) >= 11 is 0. The van der Waals surface area contributed by atoms with Gasteiger partial charge in [0.25, 0.3) is 0 Å². The summed E-state index contributed by atoms with van der Waals surface area (Å²) in [6.07, 6.45) is 2.42. The number of fused-ring (bicyclic) bond motifs is 2. The molecule has 0 aliphatic carbocycles. The number of morpholine rings is 1. The molecule has 2 unspecified atom stereocenters. The van der Waals surface area contributed by atoms with Gasteiger partial charge < -0.3 is 14.6 Å². The molecule has 2 bridgehead atoms. The zero-order valence-corrected chi connectivity index (χ0v) is 18.2. The Kier molecular flexibility index (Phi) is 5.79. The van der Waals surface area contributed by atoms with E-state index in [1.54, 1.807) is 0 Å². The number of amides is 1. The third kappa shape index (κ3) is 4.06. The van der Waals surface area contributed by atoms with Crippen LogP contribution in [0.5, 0.6) is 0 Å². The van der Waals surface area contributed by atoms with E-state index in [4.69, 9.17) is 9.47 Å². The Morgan fingerprint density at radius 3 is 2.11 bits per heavy atom. The number of nitrogens with zero attached hydrogens (tertiary/aromatic N) is 1. The molecular weight excluding hydrogens is 354 g/mol. The summed E-state index contributed by atoms with van der Waals surface area (Å²) < 4.78 is 11.4. The molecule has 2 aliphatic rings. The molecule has 2 aliphatic heterocycles. The van der Waals surface area contributed by atoms with Gasteiger partial charge in [-0.15, -0.1) is 0 Å². The standard InChI is InChI=1S/C23H35NO4/c1-7-16-9-15(3)10-17(8-2)20(16)23(26)11-18-13-27-14-19(12-23)24(18)21(25)28-22(4,5)6/h9-10,18-19,26H,7-8,11-14H2,1-6H3. The van der Waals surface area contributed by atoms with E-state index in [2.05, 4.69) is 32.9 Å². The third-order valence-electron chi connectivity index (χ3n) is 5.83. The second kappa shape index (κ2) is 7.68. The number of carbonyl (C=O) groups is 1. The van der Waals surface area contributed by atoms with E-state index < -0.39 is 11.2 Å². The maximum Gasteiger partial charge on any atom is 0.410 e. The van der Waals surface area contributed by atoms with Crippen molar-refractivity contribution in [3.05, 3.63) is 34.4 Å². The summed E-state index contributed by atoms with van der Waals surface area (Å²) in [6, 6.07) is 4.03. The summed E-state index contributed by atoms with van der Waals surface area (Å²) in [4.78, 5) is 14.6. The fourth-order valence-electron chi connectivity index (χ4n) is 4.89. The van der Waals surface area contributed by atoms with Gasteiger partial charge in [0.15, 0.2) is 0 Å². The molecule has 2 fully saturated rings. The van der Waals surface area contributed by atoms with E-state index in [0.717, 1.165) is 18.4 Å². The molecule has 2 saturated heterocycles. The Morgan fingerprint density at radius 1 is 1.18 bits per heavy atom. The summed E-state index contributed by atoms with van der Waals surface area (Å²) in [5.41, 5.74) is 3.25. The second-order valence-electron chi connectivity index (χ2n) is 9.34. The van der Waals surface area contributed by atoms with Gasteiger partial charge in [0.2, 0.25) is 0 Å². The third-order valence-corrected chi connectivity index (χ3v) is 5.83. The molecule has 0 radical (unpaired) electrons. The molecule has 0 spiro atoms. The van der Waals surface area contributed by atoms with Crippen molar-refractivity contribution in [3.63, 3.8) is 0 Å². The average Bonchev–Trinajstić information content (AvgIpc) is 2.58. The van der Waals surface area contributed by atoms with Crippen LogP contribution in [0.2, 0.25) is 0 Å². The molecule has 5 nitrogen and oxygen atoms in total. The number of hydrogen-bond donors (Lipinski definition) is 1. The van der Waals surface area contributed by atoms with E-state index in [9.17, 15) is 9.90 Å². The number of carbonyl (C=O) groups excluding carboxylic acids is 1. The first kappa shape index (κ1) is 21.1. The zero-order chi connectivity index (χ0) is 20.7. The number of benzene rings is 1. The lowest BCUT2D eigenvalue weighted by Crippen LogP contribution is -2.63. The lowest BCUT2D eigenvalue weighted by Gasteiger charge is -2.52. The van der Waals surface area contributed by atoms with E-state index in [1.165, 1.54) is 16.7 Å². The van der Waals surface area contributed by atoms with E-state index in [-0.39, 0.29) is 18.2 Å². The maximum absolute atomic E-state index is 12.8. The largest absolute Gasteiger partial charge is 0.444 e. The van der Waals surface area contributed by atoms with Gasteiger partial charge in [-0.25, -0.2) is 4.79 Å². The summed E-state index contributed by atoms with van der Waals surface area (Å²) in [5, 5.41) is 11.9. The number of hydrogen-bond acceptors (Lipinski definition) is 4. The van der Waals surface area contributed by atoms with Crippen LogP contribution >= 0.6 is 0 Å². The SMILES string of the molecule is CCc1cc(C)cc(CC)c1C1(O)CC2COCC(C1)N2C(=O)OC(C)(C)C. The number of rotatable bonds is 3. The summed E-state index contributed by atoms with van der Waals surface area (Å²) in [5.74, 6) is 0. The van der Waals surface area contributed by atoms with Crippen LogP contribution in [0, 0.1) is 6.92 Å². The Morgan fingerprint density at radius 2 is 1.68 bits per heavy atom. The van der Waals surface area contributed by atoms with E-state index in [1.807, 2.05) is 25.7 Å². The molecule has 156 valence electrons.